The lowest BCUT2D eigenvalue weighted by Crippen LogP contribution is -2.52. The van der Waals surface area contributed by atoms with Crippen molar-refractivity contribution >= 4 is 21.7 Å². The standard InChI is InChI=1S/C19H24FN5O4S/c1-30(27,28)25-8-6-14(7-9-25)18-22-17(29-23-18)10-13-11-24(12-13)19(26)21-16-5-3-2-4-15(16)20/h2-5,13-14H,6-12H2,1H3,(H,21,26). The van der Waals surface area contributed by atoms with Gasteiger partial charge < -0.3 is 14.7 Å². The van der Waals surface area contributed by atoms with Crippen molar-refractivity contribution in [3.8, 4) is 0 Å². The number of carbonyl (C=O) groups excluding carboxylic acids is 1. The van der Waals surface area contributed by atoms with E-state index in [1.165, 1.54) is 22.7 Å². The summed E-state index contributed by atoms with van der Waals surface area (Å²) in [5.41, 5.74) is 0.161. The highest BCUT2D eigenvalue weighted by Crippen LogP contribution is 2.28. The maximum absolute atomic E-state index is 13.6. The van der Waals surface area contributed by atoms with Crippen LogP contribution in [0.3, 0.4) is 0 Å². The van der Waals surface area contributed by atoms with Crippen LogP contribution < -0.4 is 5.32 Å². The van der Waals surface area contributed by atoms with Crippen LogP contribution in [0.4, 0.5) is 14.9 Å². The largest absolute Gasteiger partial charge is 0.339 e. The van der Waals surface area contributed by atoms with E-state index in [1.54, 1.807) is 17.0 Å². The number of halogens is 1. The number of nitrogens with zero attached hydrogens (tertiary/aromatic N) is 4. The molecule has 2 fully saturated rings. The van der Waals surface area contributed by atoms with E-state index in [-0.39, 0.29) is 23.6 Å². The average Bonchev–Trinajstić information content (AvgIpc) is 3.14. The third-order valence-electron chi connectivity index (χ3n) is 5.60. The highest BCUT2D eigenvalue weighted by atomic mass is 32.2. The first-order valence-electron chi connectivity index (χ1n) is 9.87. The number of hydrogen-bond acceptors (Lipinski definition) is 6. The van der Waals surface area contributed by atoms with E-state index < -0.39 is 15.8 Å². The summed E-state index contributed by atoms with van der Waals surface area (Å²) in [4.78, 5) is 18.3. The molecule has 30 heavy (non-hydrogen) atoms. The fraction of sp³-hybridized carbons (Fsp3) is 0.526. The van der Waals surface area contributed by atoms with E-state index in [4.69, 9.17) is 4.52 Å². The molecule has 2 saturated heterocycles. The van der Waals surface area contributed by atoms with E-state index in [9.17, 15) is 17.6 Å². The van der Waals surface area contributed by atoms with Crippen molar-refractivity contribution in [2.45, 2.75) is 25.2 Å². The van der Waals surface area contributed by atoms with Crippen molar-refractivity contribution in [2.75, 3.05) is 37.8 Å². The zero-order valence-corrected chi connectivity index (χ0v) is 17.4. The molecule has 2 amide bonds. The molecule has 11 heteroatoms. The number of anilines is 1. The van der Waals surface area contributed by atoms with Crippen LogP contribution in [0, 0.1) is 11.7 Å². The number of carbonyl (C=O) groups is 1. The van der Waals surface area contributed by atoms with Crippen molar-refractivity contribution in [1.29, 1.82) is 0 Å². The van der Waals surface area contributed by atoms with Crippen LogP contribution in [0.2, 0.25) is 0 Å². The molecule has 162 valence electrons. The maximum Gasteiger partial charge on any atom is 0.321 e. The highest BCUT2D eigenvalue weighted by Gasteiger charge is 2.33. The molecular formula is C19H24FN5O4S. The number of urea groups is 1. The van der Waals surface area contributed by atoms with E-state index in [0.717, 1.165) is 0 Å². The van der Waals surface area contributed by atoms with Gasteiger partial charge in [0.2, 0.25) is 15.9 Å². The van der Waals surface area contributed by atoms with Crippen LogP contribution in [0.5, 0.6) is 0 Å². The summed E-state index contributed by atoms with van der Waals surface area (Å²) in [7, 11) is -3.16. The molecule has 0 aliphatic carbocycles. The number of para-hydroxylation sites is 1. The second-order valence-corrected chi connectivity index (χ2v) is 9.85. The molecule has 1 aromatic heterocycles. The molecule has 0 bridgehead atoms. The molecule has 9 nitrogen and oxygen atoms in total. The van der Waals surface area contributed by atoms with Gasteiger partial charge in [0, 0.05) is 44.4 Å². The minimum atomic E-state index is -3.16. The molecular weight excluding hydrogens is 413 g/mol. The summed E-state index contributed by atoms with van der Waals surface area (Å²) >= 11 is 0. The molecule has 0 spiro atoms. The highest BCUT2D eigenvalue weighted by molar-refractivity contribution is 7.88. The smallest absolute Gasteiger partial charge is 0.321 e. The molecule has 4 rings (SSSR count). The van der Waals surface area contributed by atoms with E-state index in [0.29, 0.717) is 57.2 Å². The number of sulfonamides is 1. The lowest BCUT2D eigenvalue weighted by atomic mass is 9.96. The first-order chi connectivity index (χ1) is 14.3. The lowest BCUT2D eigenvalue weighted by molar-refractivity contribution is 0.125. The summed E-state index contributed by atoms with van der Waals surface area (Å²) in [6, 6.07) is 5.71. The Morgan fingerprint density at radius 3 is 2.63 bits per heavy atom. The summed E-state index contributed by atoms with van der Waals surface area (Å²) < 4.78 is 43.7. The Labute approximate surface area is 174 Å². The number of piperidine rings is 1. The normalized spacial score (nSPS) is 18.9. The van der Waals surface area contributed by atoms with Crippen LogP contribution >= 0.6 is 0 Å². The van der Waals surface area contributed by atoms with Crippen LogP contribution in [-0.2, 0) is 16.4 Å². The number of likely N-dealkylation sites (tertiary alicyclic amines) is 1. The zero-order chi connectivity index (χ0) is 21.3. The molecule has 0 atom stereocenters. The van der Waals surface area contributed by atoms with E-state index in [1.807, 2.05) is 0 Å². The first-order valence-corrected chi connectivity index (χ1v) is 11.7. The fourth-order valence-electron chi connectivity index (χ4n) is 3.83. The van der Waals surface area contributed by atoms with E-state index >= 15 is 0 Å². The minimum Gasteiger partial charge on any atom is -0.339 e. The number of aromatic nitrogens is 2. The van der Waals surface area contributed by atoms with Gasteiger partial charge in [0.05, 0.1) is 11.9 Å². The van der Waals surface area contributed by atoms with Gasteiger partial charge in [-0.1, -0.05) is 17.3 Å². The van der Waals surface area contributed by atoms with Crippen molar-refractivity contribution in [3.63, 3.8) is 0 Å². The van der Waals surface area contributed by atoms with Gasteiger partial charge in [-0.25, -0.2) is 21.9 Å². The SMILES string of the molecule is CS(=O)(=O)N1CCC(c2noc(CC3CN(C(=O)Nc4ccccc4F)C3)n2)CC1. The molecule has 0 radical (unpaired) electrons. The van der Waals surface area contributed by atoms with Crippen LogP contribution in [-0.4, -0.2) is 66.2 Å². The van der Waals surface area contributed by atoms with Gasteiger partial charge >= 0.3 is 6.03 Å². The average molecular weight is 437 g/mol. The van der Waals surface area contributed by atoms with Crippen LogP contribution in [0.15, 0.2) is 28.8 Å². The van der Waals surface area contributed by atoms with Gasteiger partial charge in [0.25, 0.3) is 0 Å². The second-order valence-electron chi connectivity index (χ2n) is 7.87. The van der Waals surface area contributed by atoms with Gasteiger partial charge in [0.15, 0.2) is 5.82 Å². The summed E-state index contributed by atoms with van der Waals surface area (Å²) in [6.45, 7) is 1.99. The van der Waals surface area contributed by atoms with Gasteiger partial charge in [-0.15, -0.1) is 0 Å². The lowest BCUT2D eigenvalue weighted by Gasteiger charge is -2.38. The zero-order valence-electron chi connectivity index (χ0n) is 16.6. The molecule has 2 aliphatic rings. The molecule has 3 heterocycles. The Hall–Kier alpha value is -2.53. The van der Waals surface area contributed by atoms with Gasteiger partial charge in [0.1, 0.15) is 5.82 Å². The number of rotatable bonds is 5. The summed E-state index contributed by atoms with van der Waals surface area (Å²) in [5.74, 6) is 0.965. The second kappa shape index (κ2) is 8.31. The molecule has 0 saturated carbocycles. The third-order valence-corrected chi connectivity index (χ3v) is 6.90. The first kappa shape index (κ1) is 20.7. The maximum atomic E-state index is 13.6. The molecule has 0 unspecified atom stereocenters. The Bertz CT molecular complexity index is 1010. The van der Waals surface area contributed by atoms with Crippen molar-refractivity contribution in [2.24, 2.45) is 5.92 Å². The minimum absolute atomic E-state index is 0.0879. The van der Waals surface area contributed by atoms with Crippen molar-refractivity contribution < 1.29 is 22.1 Å². The van der Waals surface area contributed by atoms with Crippen LogP contribution in [0.1, 0.15) is 30.5 Å². The van der Waals surface area contributed by atoms with Crippen molar-refractivity contribution in [1.82, 2.24) is 19.3 Å². The predicted molar refractivity (Wildman–Crippen MR) is 107 cm³/mol. The van der Waals surface area contributed by atoms with Gasteiger partial charge in [-0.2, -0.15) is 4.98 Å². The van der Waals surface area contributed by atoms with Crippen LogP contribution in [0.25, 0.3) is 0 Å². The molecule has 1 aromatic carbocycles. The Kier molecular flexibility index (Phi) is 5.74. The van der Waals surface area contributed by atoms with Gasteiger partial charge in [-0.3, -0.25) is 0 Å². The number of nitrogens with one attached hydrogen (secondary N) is 1. The predicted octanol–water partition coefficient (Wildman–Crippen LogP) is 2.05. The summed E-state index contributed by atoms with van der Waals surface area (Å²) in [6.07, 6.45) is 3.12. The quantitative estimate of drug-likeness (QED) is 0.767. The topological polar surface area (TPSA) is 109 Å². The monoisotopic (exact) mass is 437 g/mol. The Morgan fingerprint density at radius 1 is 1.27 bits per heavy atom. The Morgan fingerprint density at radius 2 is 1.97 bits per heavy atom. The molecule has 1 N–H and O–H groups in total. The number of amides is 2. The Balaban J connectivity index is 1.24. The molecule has 2 aliphatic heterocycles. The summed E-state index contributed by atoms with van der Waals surface area (Å²) in [5, 5.41) is 6.64. The third kappa shape index (κ3) is 4.62. The van der Waals surface area contributed by atoms with Gasteiger partial charge in [-0.05, 0) is 25.0 Å². The fourth-order valence-corrected chi connectivity index (χ4v) is 4.71. The van der Waals surface area contributed by atoms with Crippen molar-refractivity contribution in [3.05, 3.63) is 41.8 Å². The number of hydrogen-bond donors (Lipinski definition) is 1. The van der Waals surface area contributed by atoms with E-state index in [2.05, 4.69) is 15.5 Å². The number of benzene rings is 1. The molecule has 2 aromatic rings.